The molecule has 0 aliphatic heterocycles. The lowest BCUT2D eigenvalue weighted by Gasteiger charge is -2.35. The second-order valence-corrected chi connectivity index (χ2v) is 12.1. The van der Waals surface area contributed by atoms with Crippen LogP contribution in [0.3, 0.4) is 0 Å². The van der Waals surface area contributed by atoms with Crippen molar-refractivity contribution in [1.82, 2.24) is 5.32 Å². The molecule has 0 aromatic heterocycles. The van der Waals surface area contributed by atoms with Gasteiger partial charge in [0, 0.05) is 13.2 Å². The highest BCUT2D eigenvalue weighted by molar-refractivity contribution is 5.84. The van der Waals surface area contributed by atoms with E-state index in [1.165, 1.54) is 0 Å². The van der Waals surface area contributed by atoms with Gasteiger partial charge in [-0.3, -0.25) is 14.4 Å². The van der Waals surface area contributed by atoms with Gasteiger partial charge in [-0.1, -0.05) is 43.2 Å². The van der Waals surface area contributed by atoms with E-state index in [0.29, 0.717) is 32.5 Å². The minimum Gasteiger partial charge on any atom is -0.461 e. The molecule has 2 fully saturated rings. The maximum absolute atomic E-state index is 13.7. The molecule has 2 aliphatic carbocycles. The number of carbonyl (C=O) groups is 3. The number of nitrogens with one attached hydrogen (secondary N) is 1. The topological polar surface area (TPSA) is 100 Å². The highest BCUT2D eigenvalue weighted by Crippen LogP contribution is 2.44. The van der Waals surface area contributed by atoms with Gasteiger partial charge in [-0.25, -0.2) is 0 Å². The average molecular weight is 546 g/mol. The van der Waals surface area contributed by atoms with Crippen LogP contribution < -0.4 is 5.32 Å². The highest BCUT2D eigenvalue weighted by atomic mass is 16.6. The average Bonchev–Trinajstić information content (AvgIpc) is 3.39. The Kier molecular flexibility index (Phi) is 11.8. The van der Waals surface area contributed by atoms with Gasteiger partial charge < -0.3 is 24.3 Å². The number of amides is 1. The molecule has 0 heterocycles. The van der Waals surface area contributed by atoms with Gasteiger partial charge in [-0.2, -0.15) is 0 Å². The summed E-state index contributed by atoms with van der Waals surface area (Å²) < 4.78 is 22.1. The van der Waals surface area contributed by atoms with Crippen molar-refractivity contribution >= 4 is 17.8 Å². The van der Waals surface area contributed by atoms with Crippen molar-refractivity contribution in [2.24, 2.45) is 17.3 Å². The van der Waals surface area contributed by atoms with Crippen LogP contribution in [0.5, 0.6) is 0 Å². The maximum Gasteiger partial charge on any atom is 0.311 e. The van der Waals surface area contributed by atoms with Crippen LogP contribution in [0.4, 0.5) is 0 Å². The van der Waals surface area contributed by atoms with Crippen LogP contribution in [0.1, 0.15) is 84.1 Å². The highest BCUT2D eigenvalue weighted by Gasteiger charge is 2.45. The third-order valence-corrected chi connectivity index (χ3v) is 7.79. The van der Waals surface area contributed by atoms with Crippen molar-refractivity contribution in [2.75, 3.05) is 26.9 Å². The first-order valence-corrected chi connectivity index (χ1v) is 14.4. The van der Waals surface area contributed by atoms with Crippen molar-refractivity contribution < 1.29 is 33.3 Å². The Balaban J connectivity index is 1.60. The lowest BCUT2D eigenvalue weighted by atomic mass is 9.76. The van der Waals surface area contributed by atoms with Gasteiger partial charge in [0.05, 0.1) is 37.1 Å². The Hall–Kier alpha value is -2.45. The van der Waals surface area contributed by atoms with E-state index in [-0.39, 0.29) is 43.0 Å². The van der Waals surface area contributed by atoms with Crippen LogP contribution in [-0.2, 0) is 39.9 Å². The van der Waals surface area contributed by atoms with Gasteiger partial charge in [0.1, 0.15) is 12.2 Å². The normalized spacial score (nSPS) is 21.6. The molecular weight excluding hydrogens is 498 g/mol. The number of benzene rings is 1. The number of methoxy groups -OCH3 is 1. The van der Waals surface area contributed by atoms with Crippen molar-refractivity contribution in [2.45, 2.75) is 96.8 Å². The molecule has 8 heteroatoms. The summed E-state index contributed by atoms with van der Waals surface area (Å²) in [4.78, 5) is 39.4. The van der Waals surface area contributed by atoms with E-state index < -0.39 is 16.9 Å². The second-order valence-electron chi connectivity index (χ2n) is 12.1. The Morgan fingerprint density at radius 1 is 1.00 bits per heavy atom. The minimum atomic E-state index is -0.622. The van der Waals surface area contributed by atoms with Crippen LogP contribution >= 0.6 is 0 Å². The molecule has 2 saturated carbocycles. The van der Waals surface area contributed by atoms with Gasteiger partial charge in [0.15, 0.2) is 0 Å². The Morgan fingerprint density at radius 3 is 2.28 bits per heavy atom. The number of hydrogen-bond donors (Lipinski definition) is 1. The molecule has 1 atom stereocenters. The standard InChI is InChI=1S/C31H47NO7/c1-30(2,3)39-28(34)24-12-14-26(15-13-24)32-29(35)31(16-8-9-17-31)20-25(22-37-19-18-36-4)27(33)38-21-23-10-6-5-7-11-23/h5-7,10-11,24-26H,8-9,12-22H2,1-4H3,(H,32,35). The summed E-state index contributed by atoms with van der Waals surface area (Å²) in [5.41, 5.74) is -0.202. The lowest BCUT2D eigenvalue weighted by Crippen LogP contribution is -2.47. The number of carbonyl (C=O) groups excluding carboxylic acids is 3. The summed E-state index contributed by atoms with van der Waals surface area (Å²) in [7, 11) is 1.60. The van der Waals surface area contributed by atoms with E-state index in [1.807, 2.05) is 51.1 Å². The van der Waals surface area contributed by atoms with Crippen LogP contribution in [0.25, 0.3) is 0 Å². The Labute approximate surface area is 233 Å². The first-order chi connectivity index (χ1) is 18.6. The molecule has 1 aromatic carbocycles. The first kappa shape index (κ1) is 31.1. The predicted octanol–water partition coefficient (Wildman–Crippen LogP) is 4.98. The lowest BCUT2D eigenvalue weighted by molar-refractivity contribution is -0.161. The molecule has 8 nitrogen and oxygen atoms in total. The molecule has 0 saturated heterocycles. The third-order valence-electron chi connectivity index (χ3n) is 7.79. The van der Waals surface area contributed by atoms with E-state index in [2.05, 4.69) is 5.32 Å². The molecule has 0 radical (unpaired) electrons. The van der Waals surface area contributed by atoms with Gasteiger partial charge in [0.25, 0.3) is 0 Å². The molecule has 1 aromatic rings. The molecule has 1 N–H and O–H groups in total. The second kappa shape index (κ2) is 14.8. The van der Waals surface area contributed by atoms with Gasteiger partial charge >= 0.3 is 11.9 Å². The zero-order valence-electron chi connectivity index (χ0n) is 24.2. The summed E-state index contributed by atoms with van der Waals surface area (Å²) in [5, 5.41) is 3.28. The molecule has 39 heavy (non-hydrogen) atoms. The zero-order chi connectivity index (χ0) is 28.3. The Morgan fingerprint density at radius 2 is 1.67 bits per heavy atom. The fourth-order valence-electron chi connectivity index (χ4n) is 5.67. The van der Waals surface area contributed by atoms with Gasteiger partial charge in [-0.15, -0.1) is 0 Å². The molecule has 1 unspecified atom stereocenters. The fourth-order valence-corrected chi connectivity index (χ4v) is 5.67. The molecule has 1 amide bonds. The largest absolute Gasteiger partial charge is 0.461 e. The molecule has 0 spiro atoms. The number of rotatable bonds is 13. The van der Waals surface area contributed by atoms with Crippen molar-refractivity contribution in [3.63, 3.8) is 0 Å². The van der Waals surface area contributed by atoms with Crippen molar-refractivity contribution in [3.05, 3.63) is 35.9 Å². The summed E-state index contributed by atoms with van der Waals surface area (Å²) in [5.74, 6) is -1.14. The van der Waals surface area contributed by atoms with Crippen molar-refractivity contribution in [3.8, 4) is 0 Å². The quantitative estimate of drug-likeness (QED) is 0.276. The zero-order valence-corrected chi connectivity index (χ0v) is 24.2. The van der Waals surface area contributed by atoms with E-state index >= 15 is 0 Å². The summed E-state index contributed by atoms with van der Waals surface area (Å²) in [6.07, 6.45) is 6.68. The number of hydrogen-bond acceptors (Lipinski definition) is 7. The number of esters is 2. The van der Waals surface area contributed by atoms with Crippen LogP contribution in [-0.4, -0.2) is 56.4 Å². The van der Waals surface area contributed by atoms with Gasteiger partial charge in [-0.05, 0) is 71.3 Å². The minimum absolute atomic E-state index is 0.0125. The summed E-state index contributed by atoms with van der Waals surface area (Å²) in [6, 6.07) is 9.60. The van der Waals surface area contributed by atoms with Crippen molar-refractivity contribution in [1.29, 1.82) is 0 Å². The third kappa shape index (κ3) is 9.91. The molecule has 218 valence electrons. The molecule has 2 aliphatic rings. The molecule has 0 bridgehead atoms. The summed E-state index contributed by atoms with van der Waals surface area (Å²) >= 11 is 0. The van der Waals surface area contributed by atoms with Gasteiger partial charge in [0.2, 0.25) is 5.91 Å². The maximum atomic E-state index is 13.7. The number of ether oxygens (including phenoxy) is 4. The smallest absolute Gasteiger partial charge is 0.311 e. The Bertz CT molecular complexity index is 913. The van der Waals surface area contributed by atoms with Crippen LogP contribution in [0.2, 0.25) is 0 Å². The molecule has 3 rings (SSSR count). The molecular formula is C31H47NO7. The first-order valence-electron chi connectivity index (χ1n) is 14.4. The van der Waals surface area contributed by atoms with E-state index in [0.717, 1.165) is 44.1 Å². The van der Waals surface area contributed by atoms with E-state index in [9.17, 15) is 14.4 Å². The SMILES string of the molecule is COCCOCC(CC1(C(=O)NC2CCC(C(=O)OC(C)(C)C)CC2)CCCC1)C(=O)OCc1ccccc1. The summed E-state index contributed by atoms with van der Waals surface area (Å²) in [6.45, 7) is 6.82. The predicted molar refractivity (Wildman–Crippen MR) is 148 cm³/mol. The van der Waals surface area contributed by atoms with E-state index in [4.69, 9.17) is 18.9 Å². The fraction of sp³-hybridized carbons (Fsp3) is 0.710. The van der Waals surface area contributed by atoms with Crippen LogP contribution in [0, 0.1) is 17.3 Å². The van der Waals surface area contributed by atoms with E-state index in [1.54, 1.807) is 7.11 Å². The van der Waals surface area contributed by atoms with Crippen LogP contribution in [0.15, 0.2) is 30.3 Å². The monoisotopic (exact) mass is 545 g/mol.